The average Bonchev–Trinajstić information content (AvgIpc) is 2.34. The number of guanidine groups is 1. The molecule has 4 nitrogen and oxygen atoms in total. The molecule has 1 rings (SSSR count). The van der Waals surface area contributed by atoms with E-state index in [1.54, 1.807) is 0 Å². The van der Waals surface area contributed by atoms with Gasteiger partial charge in [-0.05, 0) is 0 Å². The van der Waals surface area contributed by atoms with Crippen LogP contribution >= 0.6 is 24.0 Å². The molecule has 0 aliphatic rings. The van der Waals surface area contributed by atoms with Crippen molar-refractivity contribution in [3.05, 3.63) is 11.1 Å². The van der Waals surface area contributed by atoms with E-state index < -0.39 is 0 Å². The minimum atomic E-state index is 0.0325. The van der Waals surface area contributed by atoms with E-state index in [-0.39, 0.29) is 5.96 Å². The third kappa shape index (κ3) is 2.39. The molecule has 60 valence electrons. The molecule has 4 N–H and O–H groups in total. The number of aromatic nitrogens is 1. The second-order valence-corrected chi connectivity index (χ2v) is 2.97. The Hall–Kier alpha value is -0.750. The maximum Gasteiger partial charge on any atom is 0.212 e. The Morgan fingerprint density at radius 2 is 2.45 bits per heavy atom. The van der Waals surface area contributed by atoms with E-state index >= 15 is 0 Å². The Balaban J connectivity index is 2.81. The van der Waals surface area contributed by atoms with E-state index in [1.165, 1.54) is 11.3 Å². The molecule has 0 atom stereocenters. The van der Waals surface area contributed by atoms with Gasteiger partial charge in [-0.15, -0.1) is 11.3 Å². The summed E-state index contributed by atoms with van der Waals surface area (Å²) < 4.78 is 0. The van der Waals surface area contributed by atoms with Crippen LogP contribution in [0.4, 0.5) is 5.13 Å². The van der Waals surface area contributed by atoms with Gasteiger partial charge in [0.15, 0.2) is 5.96 Å². The fraction of sp³-hybridized carbons (Fsp3) is 0.200. The van der Waals surface area contributed by atoms with Crippen LogP contribution in [0.25, 0.3) is 0 Å². The highest BCUT2D eigenvalue weighted by molar-refractivity contribution is 7.79. The van der Waals surface area contributed by atoms with Crippen molar-refractivity contribution in [3.63, 3.8) is 0 Å². The summed E-state index contributed by atoms with van der Waals surface area (Å²) in [7, 11) is 0. The number of nitrogens with two attached hydrogens (primary N) is 2. The lowest BCUT2D eigenvalue weighted by atomic mass is 10.6. The summed E-state index contributed by atoms with van der Waals surface area (Å²) in [6, 6.07) is 0. The average molecular weight is 188 g/mol. The van der Waals surface area contributed by atoms with Crippen molar-refractivity contribution in [2.24, 2.45) is 16.5 Å². The standard InChI is InChI=1S/C5H8N4S2/c6-4(7)9-5-8-3(1-10)2-11-5/h2,10H,1H2,(H4,6,7,8,9). The lowest BCUT2D eigenvalue weighted by Gasteiger charge is -1.85. The number of aliphatic imine (C=N–C) groups is 1. The molecular formula is C5H8N4S2. The minimum absolute atomic E-state index is 0.0325. The maximum atomic E-state index is 5.15. The van der Waals surface area contributed by atoms with E-state index in [1.807, 2.05) is 5.38 Å². The fourth-order valence-corrected chi connectivity index (χ4v) is 1.52. The lowest BCUT2D eigenvalue weighted by Crippen LogP contribution is -2.21. The molecular weight excluding hydrogens is 180 g/mol. The van der Waals surface area contributed by atoms with Gasteiger partial charge in [-0.25, -0.2) is 4.98 Å². The van der Waals surface area contributed by atoms with Gasteiger partial charge in [0.2, 0.25) is 5.13 Å². The van der Waals surface area contributed by atoms with Gasteiger partial charge in [0.05, 0.1) is 5.69 Å². The van der Waals surface area contributed by atoms with E-state index in [0.29, 0.717) is 10.9 Å². The van der Waals surface area contributed by atoms with Gasteiger partial charge < -0.3 is 11.5 Å². The van der Waals surface area contributed by atoms with Crippen LogP contribution in [0.5, 0.6) is 0 Å². The van der Waals surface area contributed by atoms with Crippen LogP contribution in [0.1, 0.15) is 5.69 Å². The SMILES string of the molecule is NC(N)=Nc1nc(CS)cs1. The van der Waals surface area contributed by atoms with Gasteiger partial charge in [0, 0.05) is 11.1 Å². The molecule has 0 radical (unpaired) electrons. The van der Waals surface area contributed by atoms with E-state index in [2.05, 4.69) is 22.6 Å². The number of rotatable bonds is 2. The third-order valence-corrected chi connectivity index (χ3v) is 2.03. The molecule has 6 heteroatoms. The first-order chi connectivity index (χ1) is 5.22. The summed E-state index contributed by atoms with van der Waals surface area (Å²) in [6.45, 7) is 0. The van der Waals surface area contributed by atoms with Crippen molar-refractivity contribution in [1.82, 2.24) is 4.98 Å². The van der Waals surface area contributed by atoms with Crippen LogP contribution in [0.15, 0.2) is 10.4 Å². The zero-order chi connectivity index (χ0) is 8.27. The van der Waals surface area contributed by atoms with Crippen molar-refractivity contribution in [1.29, 1.82) is 0 Å². The highest BCUT2D eigenvalue weighted by Crippen LogP contribution is 2.18. The molecule has 0 bridgehead atoms. The molecule has 0 aliphatic carbocycles. The second kappa shape index (κ2) is 3.59. The number of hydrogen-bond donors (Lipinski definition) is 3. The summed E-state index contributed by atoms with van der Waals surface area (Å²) in [5.41, 5.74) is 11.2. The van der Waals surface area contributed by atoms with Crippen molar-refractivity contribution >= 4 is 35.1 Å². The van der Waals surface area contributed by atoms with Gasteiger partial charge in [-0.1, -0.05) is 0 Å². The van der Waals surface area contributed by atoms with Crippen LogP contribution in [-0.2, 0) is 5.75 Å². The number of thiol groups is 1. The predicted octanol–water partition coefficient (Wildman–Crippen LogP) is 0.478. The number of nitrogens with zero attached hydrogens (tertiary/aromatic N) is 2. The maximum absolute atomic E-state index is 5.15. The van der Waals surface area contributed by atoms with Gasteiger partial charge in [-0.2, -0.15) is 17.6 Å². The molecule has 0 aromatic carbocycles. The van der Waals surface area contributed by atoms with Gasteiger partial charge in [0.25, 0.3) is 0 Å². The Morgan fingerprint density at radius 1 is 1.73 bits per heavy atom. The normalized spacial score (nSPS) is 9.55. The summed E-state index contributed by atoms with van der Waals surface area (Å²) >= 11 is 5.44. The topological polar surface area (TPSA) is 77.3 Å². The first-order valence-electron chi connectivity index (χ1n) is 2.87. The van der Waals surface area contributed by atoms with Gasteiger partial charge >= 0.3 is 0 Å². The Kier molecular flexibility index (Phi) is 2.72. The molecule has 0 saturated carbocycles. The van der Waals surface area contributed by atoms with Gasteiger partial charge in [0.1, 0.15) is 0 Å². The van der Waals surface area contributed by atoms with E-state index in [4.69, 9.17) is 11.5 Å². The molecule has 1 aromatic rings. The predicted molar refractivity (Wildman–Crippen MR) is 50.3 cm³/mol. The monoisotopic (exact) mass is 188 g/mol. The second-order valence-electron chi connectivity index (χ2n) is 1.82. The molecule has 11 heavy (non-hydrogen) atoms. The summed E-state index contributed by atoms with van der Waals surface area (Å²) in [4.78, 5) is 7.84. The first-order valence-corrected chi connectivity index (χ1v) is 4.38. The fourth-order valence-electron chi connectivity index (χ4n) is 0.531. The quantitative estimate of drug-likeness (QED) is 0.359. The molecule has 0 aliphatic heterocycles. The molecule has 0 unspecified atom stereocenters. The van der Waals surface area contributed by atoms with Crippen LogP contribution in [0.2, 0.25) is 0 Å². The number of thiazole rings is 1. The molecule has 0 amide bonds. The van der Waals surface area contributed by atoms with Crippen LogP contribution < -0.4 is 11.5 Å². The van der Waals surface area contributed by atoms with Crippen molar-refractivity contribution < 1.29 is 0 Å². The minimum Gasteiger partial charge on any atom is -0.370 e. The molecule has 0 fully saturated rings. The van der Waals surface area contributed by atoms with Crippen LogP contribution in [0.3, 0.4) is 0 Å². The largest absolute Gasteiger partial charge is 0.370 e. The van der Waals surface area contributed by atoms with E-state index in [9.17, 15) is 0 Å². The Morgan fingerprint density at radius 3 is 2.91 bits per heavy atom. The first kappa shape index (κ1) is 8.35. The zero-order valence-electron chi connectivity index (χ0n) is 5.69. The molecule has 0 spiro atoms. The van der Waals surface area contributed by atoms with Crippen molar-refractivity contribution in [2.75, 3.05) is 0 Å². The molecule has 0 saturated heterocycles. The smallest absolute Gasteiger partial charge is 0.212 e. The molecule has 1 aromatic heterocycles. The lowest BCUT2D eigenvalue weighted by molar-refractivity contribution is 1.22. The highest BCUT2D eigenvalue weighted by Gasteiger charge is 1.97. The van der Waals surface area contributed by atoms with Gasteiger partial charge in [-0.3, -0.25) is 0 Å². The highest BCUT2D eigenvalue weighted by atomic mass is 32.1. The number of hydrogen-bond acceptors (Lipinski definition) is 4. The third-order valence-electron chi connectivity index (χ3n) is 0.926. The van der Waals surface area contributed by atoms with E-state index in [0.717, 1.165) is 5.69 Å². The Bertz CT molecular complexity index is 263. The zero-order valence-corrected chi connectivity index (χ0v) is 7.40. The van der Waals surface area contributed by atoms with Crippen molar-refractivity contribution in [2.45, 2.75) is 5.75 Å². The Labute approximate surface area is 73.8 Å². The van der Waals surface area contributed by atoms with Crippen LogP contribution in [-0.4, -0.2) is 10.9 Å². The summed E-state index contributed by atoms with van der Waals surface area (Å²) in [5.74, 6) is 0.640. The van der Waals surface area contributed by atoms with Crippen LogP contribution in [0, 0.1) is 0 Å². The van der Waals surface area contributed by atoms with Crippen molar-refractivity contribution in [3.8, 4) is 0 Å². The molecule has 1 heterocycles. The summed E-state index contributed by atoms with van der Waals surface area (Å²) in [5, 5.41) is 2.45. The summed E-state index contributed by atoms with van der Waals surface area (Å²) in [6.07, 6.45) is 0.